The standard InChI is InChI=1S/C19H23N3O3S/c23-18(12-25-17-4-2-1-3-5-17)22-10-7-15(8-11-22)19(24)20-9-6-16-13-26-14-21-16/h1-5,13-15H,6-12H2,(H,20,24). The Morgan fingerprint density at radius 3 is 2.69 bits per heavy atom. The van der Waals surface area contributed by atoms with Crippen LogP contribution in [0.3, 0.4) is 0 Å². The van der Waals surface area contributed by atoms with Gasteiger partial charge in [0.15, 0.2) is 6.61 Å². The second-order valence-electron chi connectivity index (χ2n) is 6.28. The van der Waals surface area contributed by atoms with Crippen LogP contribution >= 0.6 is 11.3 Å². The molecule has 3 rings (SSSR count). The zero-order chi connectivity index (χ0) is 18.2. The number of nitrogens with one attached hydrogen (secondary N) is 1. The first-order valence-corrected chi connectivity index (χ1v) is 9.77. The van der Waals surface area contributed by atoms with Crippen molar-refractivity contribution < 1.29 is 14.3 Å². The van der Waals surface area contributed by atoms with E-state index in [-0.39, 0.29) is 24.3 Å². The Labute approximate surface area is 157 Å². The summed E-state index contributed by atoms with van der Waals surface area (Å²) >= 11 is 1.56. The highest BCUT2D eigenvalue weighted by molar-refractivity contribution is 7.07. The summed E-state index contributed by atoms with van der Waals surface area (Å²) in [5.41, 5.74) is 2.81. The number of hydrogen-bond acceptors (Lipinski definition) is 5. The van der Waals surface area contributed by atoms with E-state index in [4.69, 9.17) is 4.74 Å². The Bertz CT molecular complexity index is 698. The molecule has 1 aromatic heterocycles. The van der Waals surface area contributed by atoms with Gasteiger partial charge in [0.1, 0.15) is 5.75 Å². The number of thiazole rings is 1. The maximum atomic E-state index is 12.3. The normalized spacial score (nSPS) is 14.8. The third-order valence-electron chi connectivity index (χ3n) is 4.49. The largest absolute Gasteiger partial charge is 0.484 e. The van der Waals surface area contributed by atoms with Gasteiger partial charge in [-0.1, -0.05) is 18.2 Å². The van der Waals surface area contributed by atoms with Gasteiger partial charge in [-0.3, -0.25) is 9.59 Å². The fourth-order valence-electron chi connectivity index (χ4n) is 2.96. The second kappa shape index (κ2) is 9.33. The number of carbonyl (C=O) groups is 2. The van der Waals surface area contributed by atoms with Crippen LogP contribution in [0.15, 0.2) is 41.2 Å². The smallest absolute Gasteiger partial charge is 0.260 e. The number of rotatable bonds is 7. The van der Waals surface area contributed by atoms with Gasteiger partial charge in [-0.15, -0.1) is 11.3 Å². The van der Waals surface area contributed by atoms with Crippen molar-refractivity contribution in [1.82, 2.24) is 15.2 Å². The van der Waals surface area contributed by atoms with Gasteiger partial charge in [0.2, 0.25) is 5.91 Å². The number of hydrogen-bond donors (Lipinski definition) is 1. The number of ether oxygens (including phenoxy) is 1. The van der Waals surface area contributed by atoms with Gasteiger partial charge in [-0.25, -0.2) is 4.98 Å². The molecule has 0 atom stereocenters. The van der Waals surface area contributed by atoms with Gasteiger partial charge >= 0.3 is 0 Å². The van der Waals surface area contributed by atoms with E-state index in [2.05, 4.69) is 10.3 Å². The van der Waals surface area contributed by atoms with E-state index in [9.17, 15) is 9.59 Å². The van der Waals surface area contributed by atoms with E-state index in [1.54, 1.807) is 21.7 Å². The molecule has 1 fully saturated rings. The first kappa shape index (κ1) is 18.4. The van der Waals surface area contributed by atoms with Crippen LogP contribution < -0.4 is 10.1 Å². The van der Waals surface area contributed by atoms with Crippen molar-refractivity contribution in [2.45, 2.75) is 19.3 Å². The Balaban J connectivity index is 1.35. The molecule has 0 spiro atoms. The number of likely N-dealkylation sites (tertiary alicyclic amines) is 1. The molecule has 7 heteroatoms. The molecule has 2 heterocycles. The van der Waals surface area contributed by atoms with Gasteiger partial charge in [-0.2, -0.15) is 0 Å². The second-order valence-corrected chi connectivity index (χ2v) is 7.00. The summed E-state index contributed by atoms with van der Waals surface area (Å²) in [7, 11) is 0. The van der Waals surface area contributed by atoms with Gasteiger partial charge in [0.05, 0.1) is 11.2 Å². The average molecular weight is 373 g/mol. The van der Waals surface area contributed by atoms with Crippen molar-refractivity contribution in [3.8, 4) is 5.75 Å². The number of benzene rings is 1. The number of nitrogens with zero attached hydrogens (tertiary/aromatic N) is 2. The van der Waals surface area contributed by atoms with Crippen LogP contribution in [0.1, 0.15) is 18.5 Å². The van der Waals surface area contributed by atoms with E-state index < -0.39 is 0 Å². The van der Waals surface area contributed by atoms with E-state index in [0.717, 1.165) is 12.1 Å². The zero-order valence-corrected chi connectivity index (χ0v) is 15.4. The van der Waals surface area contributed by atoms with Crippen LogP contribution in [-0.4, -0.2) is 47.9 Å². The van der Waals surface area contributed by atoms with Crippen molar-refractivity contribution >= 4 is 23.2 Å². The number of aromatic nitrogens is 1. The summed E-state index contributed by atoms with van der Waals surface area (Å²) in [5, 5.41) is 4.97. The molecule has 1 aromatic carbocycles. The van der Waals surface area contributed by atoms with Crippen molar-refractivity contribution in [1.29, 1.82) is 0 Å². The maximum Gasteiger partial charge on any atom is 0.260 e. The van der Waals surface area contributed by atoms with E-state index in [1.807, 2.05) is 35.7 Å². The number of piperidine rings is 1. The average Bonchev–Trinajstić information content (AvgIpc) is 3.20. The topological polar surface area (TPSA) is 71.5 Å². The summed E-state index contributed by atoms with van der Waals surface area (Å²) in [6, 6.07) is 9.31. The molecule has 1 saturated heterocycles. The van der Waals surface area contributed by atoms with Crippen molar-refractivity contribution in [3.63, 3.8) is 0 Å². The predicted molar refractivity (Wildman–Crippen MR) is 100 cm³/mol. The Hall–Kier alpha value is -2.41. The number of para-hydroxylation sites is 1. The molecule has 0 radical (unpaired) electrons. The minimum atomic E-state index is -0.0313. The van der Waals surface area contributed by atoms with Crippen LogP contribution in [0, 0.1) is 5.92 Å². The lowest BCUT2D eigenvalue weighted by atomic mass is 9.96. The van der Waals surface area contributed by atoms with Gasteiger partial charge in [-0.05, 0) is 25.0 Å². The minimum absolute atomic E-state index is 0.0236. The van der Waals surface area contributed by atoms with Crippen LogP contribution in [-0.2, 0) is 16.0 Å². The Morgan fingerprint density at radius 2 is 2.00 bits per heavy atom. The highest BCUT2D eigenvalue weighted by atomic mass is 32.1. The molecule has 138 valence electrons. The van der Waals surface area contributed by atoms with E-state index >= 15 is 0 Å². The van der Waals surface area contributed by atoms with E-state index in [1.165, 1.54) is 0 Å². The van der Waals surface area contributed by atoms with Crippen molar-refractivity contribution in [2.24, 2.45) is 5.92 Å². The summed E-state index contributed by atoms with van der Waals surface area (Å²) in [5.74, 6) is 0.712. The van der Waals surface area contributed by atoms with Crippen molar-refractivity contribution in [2.75, 3.05) is 26.2 Å². The minimum Gasteiger partial charge on any atom is -0.484 e. The molecule has 0 unspecified atom stereocenters. The monoisotopic (exact) mass is 373 g/mol. The maximum absolute atomic E-state index is 12.3. The summed E-state index contributed by atoms with van der Waals surface area (Å²) in [6.07, 6.45) is 2.14. The summed E-state index contributed by atoms with van der Waals surface area (Å²) < 4.78 is 5.51. The molecular formula is C19H23N3O3S. The highest BCUT2D eigenvalue weighted by Gasteiger charge is 2.27. The molecule has 0 bridgehead atoms. The molecule has 1 aliphatic heterocycles. The highest BCUT2D eigenvalue weighted by Crippen LogP contribution is 2.18. The van der Waals surface area contributed by atoms with Crippen molar-refractivity contribution in [3.05, 3.63) is 46.9 Å². The predicted octanol–water partition coefficient (Wildman–Crippen LogP) is 2.12. The Morgan fingerprint density at radius 1 is 1.23 bits per heavy atom. The molecule has 2 aromatic rings. The number of carbonyl (C=O) groups excluding carboxylic acids is 2. The lowest BCUT2D eigenvalue weighted by Crippen LogP contribution is -2.44. The molecule has 2 amide bonds. The third kappa shape index (κ3) is 5.29. The van der Waals surface area contributed by atoms with Gasteiger partial charge in [0, 0.05) is 37.4 Å². The summed E-state index contributed by atoms with van der Waals surface area (Å²) in [4.78, 5) is 30.5. The van der Waals surface area contributed by atoms with Crippen LogP contribution in [0.5, 0.6) is 5.75 Å². The summed E-state index contributed by atoms with van der Waals surface area (Å²) in [6.45, 7) is 1.84. The lowest BCUT2D eigenvalue weighted by molar-refractivity contribution is -0.137. The zero-order valence-electron chi connectivity index (χ0n) is 14.6. The lowest BCUT2D eigenvalue weighted by Gasteiger charge is -2.31. The third-order valence-corrected chi connectivity index (χ3v) is 5.12. The SMILES string of the molecule is O=C(NCCc1cscn1)C1CCN(C(=O)COc2ccccc2)CC1. The molecule has 1 N–H and O–H groups in total. The molecule has 0 saturated carbocycles. The number of amides is 2. The first-order valence-electron chi connectivity index (χ1n) is 8.83. The van der Waals surface area contributed by atoms with Gasteiger partial charge < -0.3 is 15.0 Å². The van der Waals surface area contributed by atoms with Gasteiger partial charge in [0.25, 0.3) is 5.91 Å². The molecule has 6 nitrogen and oxygen atoms in total. The van der Waals surface area contributed by atoms with E-state index in [0.29, 0.717) is 38.2 Å². The van der Waals surface area contributed by atoms with Crippen LogP contribution in [0.4, 0.5) is 0 Å². The van der Waals surface area contributed by atoms with Crippen LogP contribution in [0.25, 0.3) is 0 Å². The molecular weight excluding hydrogens is 350 g/mol. The van der Waals surface area contributed by atoms with Crippen LogP contribution in [0.2, 0.25) is 0 Å². The molecule has 0 aliphatic carbocycles. The Kier molecular flexibility index (Phi) is 6.60. The fourth-order valence-corrected chi connectivity index (χ4v) is 3.56. The fraction of sp³-hybridized carbons (Fsp3) is 0.421. The molecule has 1 aliphatic rings. The first-order chi connectivity index (χ1) is 12.7. The quantitative estimate of drug-likeness (QED) is 0.807. The molecule has 26 heavy (non-hydrogen) atoms.